The third-order valence-corrected chi connectivity index (χ3v) is 5.95. The summed E-state index contributed by atoms with van der Waals surface area (Å²) in [5, 5.41) is 0. The smallest absolute Gasteiger partial charge is 0.266 e. The molecular formula is C16H10N2O2S3. The van der Waals surface area contributed by atoms with Gasteiger partial charge in [0.1, 0.15) is 4.32 Å². The Labute approximate surface area is 145 Å². The first-order chi connectivity index (χ1) is 11.1. The number of rotatable bonds is 2. The van der Waals surface area contributed by atoms with Crippen LogP contribution in [0.4, 0.5) is 0 Å². The molecule has 1 aliphatic heterocycles. The van der Waals surface area contributed by atoms with E-state index in [1.165, 1.54) is 16.7 Å². The summed E-state index contributed by atoms with van der Waals surface area (Å²) in [6.07, 6.45) is 1.65. The van der Waals surface area contributed by atoms with Gasteiger partial charge in [0.2, 0.25) is 5.89 Å². The van der Waals surface area contributed by atoms with Crippen LogP contribution in [0.25, 0.3) is 26.9 Å². The topological polar surface area (TPSA) is 46.3 Å². The second-order valence-corrected chi connectivity index (χ2v) is 7.65. The van der Waals surface area contributed by atoms with E-state index < -0.39 is 0 Å². The number of fused-ring (bicyclic) bond motifs is 1. The van der Waals surface area contributed by atoms with Crippen molar-refractivity contribution in [2.45, 2.75) is 0 Å². The molecular weight excluding hydrogens is 348 g/mol. The number of nitrogens with zero attached hydrogens (tertiary/aromatic N) is 2. The lowest BCUT2D eigenvalue weighted by atomic mass is 10.2. The number of hydrogen-bond acceptors (Lipinski definition) is 6. The van der Waals surface area contributed by atoms with Gasteiger partial charge in [0.15, 0.2) is 10.4 Å². The molecule has 1 fully saturated rings. The Morgan fingerprint density at radius 3 is 2.74 bits per heavy atom. The van der Waals surface area contributed by atoms with Crippen LogP contribution in [0.2, 0.25) is 0 Å². The Balaban J connectivity index is 1.68. The third-order valence-electron chi connectivity index (χ3n) is 3.41. The summed E-state index contributed by atoms with van der Waals surface area (Å²) in [6.45, 7) is 0. The lowest BCUT2D eigenvalue weighted by Crippen LogP contribution is -2.22. The summed E-state index contributed by atoms with van der Waals surface area (Å²) in [4.78, 5) is 20.4. The Morgan fingerprint density at radius 1 is 1.30 bits per heavy atom. The van der Waals surface area contributed by atoms with Crippen molar-refractivity contribution in [3.8, 4) is 10.4 Å². The van der Waals surface area contributed by atoms with Crippen LogP contribution in [0.3, 0.4) is 0 Å². The summed E-state index contributed by atoms with van der Waals surface area (Å²) in [5.74, 6) is 0.311. The van der Waals surface area contributed by atoms with Crippen LogP contribution in [0.5, 0.6) is 0 Å². The highest BCUT2D eigenvalue weighted by atomic mass is 32.2. The maximum Gasteiger partial charge on any atom is 0.266 e. The molecule has 0 N–H and O–H groups in total. The number of thioether (sulfide) groups is 1. The summed E-state index contributed by atoms with van der Waals surface area (Å²) in [5.41, 5.74) is 1.87. The van der Waals surface area contributed by atoms with Crippen LogP contribution in [-0.4, -0.2) is 27.2 Å². The van der Waals surface area contributed by atoms with E-state index in [0.29, 0.717) is 15.1 Å². The molecule has 2 aromatic heterocycles. The van der Waals surface area contributed by atoms with Gasteiger partial charge in [-0.1, -0.05) is 54.3 Å². The van der Waals surface area contributed by atoms with Gasteiger partial charge >= 0.3 is 0 Å². The molecule has 1 saturated heterocycles. The molecule has 0 spiro atoms. The Morgan fingerprint density at radius 2 is 2.09 bits per heavy atom. The van der Waals surface area contributed by atoms with Crippen molar-refractivity contribution >= 4 is 62.0 Å². The van der Waals surface area contributed by atoms with Crippen LogP contribution in [0, 0.1) is 0 Å². The van der Waals surface area contributed by atoms with Gasteiger partial charge < -0.3 is 4.42 Å². The highest BCUT2D eigenvalue weighted by molar-refractivity contribution is 8.26. The zero-order chi connectivity index (χ0) is 16.0. The van der Waals surface area contributed by atoms with E-state index in [-0.39, 0.29) is 5.91 Å². The molecule has 4 rings (SSSR count). The lowest BCUT2D eigenvalue weighted by molar-refractivity contribution is -0.121. The Bertz CT molecular complexity index is 925. The molecule has 0 unspecified atom stereocenters. The van der Waals surface area contributed by atoms with Crippen molar-refractivity contribution in [3.05, 3.63) is 47.2 Å². The molecule has 3 aromatic rings. The number of carbonyl (C=O) groups excluding carboxylic acids is 1. The minimum atomic E-state index is -0.119. The number of thiocarbonyl (C=S) groups is 1. The maximum absolute atomic E-state index is 12.0. The molecule has 0 saturated carbocycles. The van der Waals surface area contributed by atoms with Crippen molar-refractivity contribution < 1.29 is 9.21 Å². The van der Waals surface area contributed by atoms with Crippen molar-refractivity contribution in [2.75, 3.05) is 7.05 Å². The fraction of sp³-hybridized carbons (Fsp3) is 0.0625. The second-order valence-electron chi connectivity index (χ2n) is 4.94. The highest BCUT2D eigenvalue weighted by Crippen LogP contribution is 2.35. The van der Waals surface area contributed by atoms with Gasteiger partial charge in [-0.2, -0.15) is 4.98 Å². The molecule has 23 heavy (non-hydrogen) atoms. The normalized spacial score (nSPS) is 16.9. The molecule has 7 heteroatoms. The van der Waals surface area contributed by atoms with Gasteiger partial charge in [-0.25, -0.2) is 0 Å². The average Bonchev–Trinajstić information content (AvgIpc) is 3.17. The fourth-order valence-electron chi connectivity index (χ4n) is 2.22. The molecule has 0 radical (unpaired) electrons. The number of oxazole rings is 1. The van der Waals surface area contributed by atoms with Gasteiger partial charge in [0, 0.05) is 24.1 Å². The van der Waals surface area contributed by atoms with E-state index in [9.17, 15) is 4.79 Å². The van der Waals surface area contributed by atoms with Gasteiger partial charge in [-0.05, 0) is 5.56 Å². The largest absolute Gasteiger partial charge is 0.436 e. The molecule has 1 amide bonds. The number of likely N-dealkylation sites (N-methyl/N-ethyl adjacent to an activating group) is 1. The summed E-state index contributed by atoms with van der Waals surface area (Å²) < 4.78 is 6.29. The molecule has 1 aliphatic rings. The zero-order valence-electron chi connectivity index (χ0n) is 12.0. The first kappa shape index (κ1) is 14.6. The van der Waals surface area contributed by atoms with E-state index in [1.807, 2.05) is 24.3 Å². The van der Waals surface area contributed by atoms with Crippen LogP contribution in [0.15, 0.2) is 45.7 Å². The lowest BCUT2D eigenvalue weighted by Gasteiger charge is -2.03. The number of thiophene rings is 1. The van der Waals surface area contributed by atoms with Crippen LogP contribution >= 0.6 is 35.3 Å². The summed E-state index contributed by atoms with van der Waals surface area (Å²) in [6, 6.07) is 12.1. The van der Waals surface area contributed by atoms with Crippen LogP contribution in [0.1, 0.15) is 5.89 Å². The monoisotopic (exact) mass is 358 g/mol. The van der Waals surface area contributed by atoms with E-state index in [2.05, 4.69) is 17.1 Å². The number of carbonyl (C=O) groups is 1. The predicted molar refractivity (Wildman–Crippen MR) is 98.3 cm³/mol. The summed E-state index contributed by atoms with van der Waals surface area (Å²) >= 11 is 7.94. The van der Waals surface area contributed by atoms with Gasteiger partial charge in [0.25, 0.3) is 5.91 Å². The number of amides is 1. The average molecular weight is 358 g/mol. The van der Waals surface area contributed by atoms with Gasteiger partial charge in [-0.3, -0.25) is 9.69 Å². The molecule has 4 nitrogen and oxygen atoms in total. The van der Waals surface area contributed by atoms with Crippen LogP contribution < -0.4 is 0 Å². The Kier molecular flexibility index (Phi) is 3.56. The van der Waals surface area contributed by atoms with Gasteiger partial charge in [-0.15, -0.1) is 11.3 Å². The molecule has 0 bridgehead atoms. The third kappa shape index (κ3) is 2.60. The van der Waals surface area contributed by atoms with E-state index >= 15 is 0 Å². The molecule has 1 aromatic carbocycles. The van der Waals surface area contributed by atoms with Gasteiger partial charge in [0.05, 0.1) is 4.91 Å². The van der Waals surface area contributed by atoms with E-state index in [4.69, 9.17) is 16.6 Å². The van der Waals surface area contributed by atoms with E-state index in [0.717, 1.165) is 20.9 Å². The fourth-order valence-corrected chi connectivity index (χ4v) is 4.32. The first-order valence-corrected chi connectivity index (χ1v) is 8.83. The van der Waals surface area contributed by atoms with Crippen molar-refractivity contribution in [3.63, 3.8) is 0 Å². The van der Waals surface area contributed by atoms with Crippen molar-refractivity contribution in [1.82, 2.24) is 9.88 Å². The molecule has 0 atom stereocenters. The highest BCUT2D eigenvalue weighted by Gasteiger charge is 2.29. The number of benzene rings is 1. The predicted octanol–water partition coefficient (Wildman–Crippen LogP) is 4.39. The van der Waals surface area contributed by atoms with Crippen LogP contribution in [-0.2, 0) is 4.79 Å². The maximum atomic E-state index is 12.0. The minimum absolute atomic E-state index is 0.119. The standard InChI is InChI=1S/C16H10N2O2S3/c1-18-15(19)12(23-16(18)21)8-13-17-14-10(20-13)7-11(22-14)9-5-3-2-4-6-9/h2-8H,1H3/b12-8+. The first-order valence-electron chi connectivity index (χ1n) is 6.79. The molecule has 3 heterocycles. The number of aromatic nitrogens is 1. The minimum Gasteiger partial charge on any atom is -0.436 e. The molecule has 114 valence electrons. The second kappa shape index (κ2) is 5.59. The van der Waals surface area contributed by atoms with E-state index in [1.54, 1.807) is 24.5 Å². The van der Waals surface area contributed by atoms with Crippen molar-refractivity contribution in [2.24, 2.45) is 0 Å². The quantitative estimate of drug-likeness (QED) is 0.502. The van der Waals surface area contributed by atoms with Crippen molar-refractivity contribution in [1.29, 1.82) is 0 Å². The molecule has 0 aliphatic carbocycles. The SMILES string of the molecule is CN1C(=O)/C(=C\c2nc3sc(-c4ccccc4)cc3o2)SC1=S. The number of hydrogen-bond donors (Lipinski definition) is 0. The Hall–Kier alpha value is -1.96. The summed E-state index contributed by atoms with van der Waals surface area (Å²) in [7, 11) is 1.67. The zero-order valence-corrected chi connectivity index (χ0v) is 14.4.